The van der Waals surface area contributed by atoms with E-state index in [9.17, 15) is 5.11 Å². The van der Waals surface area contributed by atoms with E-state index in [1.807, 2.05) is 68.6 Å². The lowest BCUT2D eigenvalue weighted by molar-refractivity contribution is 0.474. The second-order valence-electron chi connectivity index (χ2n) is 6.91. The first-order chi connectivity index (χ1) is 13.5. The summed E-state index contributed by atoms with van der Waals surface area (Å²) in [5.74, 6) is 0.261. The molecule has 0 heterocycles. The average Bonchev–Trinajstić information content (AvgIpc) is 2.71. The van der Waals surface area contributed by atoms with Crippen molar-refractivity contribution in [2.24, 2.45) is 4.90 Å². The summed E-state index contributed by atoms with van der Waals surface area (Å²) < 4.78 is 0. The van der Waals surface area contributed by atoms with Crippen molar-refractivity contribution in [3.05, 3.63) is 83.9 Å². The standard InChI is InChI=1S/C23H25BN2OS/c1-17-15-20(26(2)3)16-21(27)22(17)23(28-4)25-24(18-11-7-5-8-12-18)19-13-9-6-10-14-19/h5-16,27H,1-4H3. The smallest absolute Gasteiger partial charge is 0.345 e. The SMILES string of the molecule is CSC(=NB(c1ccccc1)c1ccccc1)c1c(C)cc(N(C)C)cc1O. The van der Waals surface area contributed by atoms with E-state index < -0.39 is 0 Å². The molecule has 0 aliphatic rings. The van der Waals surface area contributed by atoms with Crippen LogP contribution in [0.1, 0.15) is 11.1 Å². The Bertz CT molecular complexity index is 896. The van der Waals surface area contributed by atoms with Gasteiger partial charge in [0.1, 0.15) is 5.75 Å². The molecule has 0 fully saturated rings. The van der Waals surface area contributed by atoms with Gasteiger partial charge in [0.2, 0.25) is 0 Å². The van der Waals surface area contributed by atoms with Crippen LogP contribution in [-0.4, -0.2) is 37.3 Å². The molecule has 0 atom stereocenters. The molecule has 0 saturated heterocycles. The number of aromatic hydroxyl groups is 1. The third-order valence-corrected chi connectivity index (χ3v) is 5.40. The molecule has 142 valence electrons. The molecule has 28 heavy (non-hydrogen) atoms. The lowest BCUT2D eigenvalue weighted by Crippen LogP contribution is -2.41. The van der Waals surface area contributed by atoms with Gasteiger partial charge in [-0.3, -0.25) is 0 Å². The number of benzene rings is 3. The van der Waals surface area contributed by atoms with E-state index in [-0.39, 0.29) is 12.6 Å². The van der Waals surface area contributed by atoms with Crippen molar-refractivity contribution in [3.63, 3.8) is 0 Å². The molecule has 0 amide bonds. The molecule has 3 nitrogen and oxygen atoms in total. The van der Waals surface area contributed by atoms with Gasteiger partial charge in [-0.15, -0.1) is 11.8 Å². The molecule has 0 radical (unpaired) electrons. The fourth-order valence-corrected chi connectivity index (χ4v) is 3.92. The van der Waals surface area contributed by atoms with E-state index in [0.29, 0.717) is 0 Å². The van der Waals surface area contributed by atoms with Crippen LogP contribution < -0.4 is 15.8 Å². The Morgan fingerprint density at radius 2 is 1.46 bits per heavy atom. The molecule has 0 aromatic heterocycles. The number of hydrogen-bond donors (Lipinski definition) is 1. The van der Waals surface area contributed by atoms with E-state index in [4.69, 9.17) is 4.90 Å². The number of thioether (sulfide) groups is 1. The number of phenolic OH excluding ortho intramolecular Hbond substituents is 1. The van der Waals surface area contributed by atoms with Crippen LogP contribution in [0.5, 0.6) is 5.75 Å². The Labute approximate surface area is 172 Å². The predicted octanol–water partition coefficient (Wildman–Crippen LogP) is 3.68. The van der Waals surface area contributed by atoms with Gasteiger partial charge in [-0.05, 0) is 35.7 Å². The minimum atomic E-state index is -0.128. The summed E-state index contributed by atoms with van der Waals surface area (Å²) in [4.78, 5) is 7.10. The number of aryl methyl sites for hydroxylation is 1. The largest absolute Gasteiger partial charge is 0.507 e. The summed E-state index contributed by atoms with van der Waals surface area (Å²) in [5.41, 5.74) is 5.04. The van der Waals surface area contributed by atoms with Crippen LogP contribution in [0, 0.1) is 6.92 Å². The van der Waals surface area contributed by atoms with Gasteiger partial charge in [-0.1, -0.05) is 60.7 Å². The van der Waals surface area contributed by atoms with Crippen LogP contribution in [0.3, 0.4) is 0 Å². The molecule has 0 saturated carbocycles. The van der Waals surface area contributed by atoms with E-state index in [1.165, 1.54) is 0 Å². The highest BCUT2D eigenvalue weighted by Gasteiger charge is 2.22. The summed E-state index contributed by atoms with van der Waals surface area (Å²) in [6.07, 6.45) is 2.00. The molecule has 3 aromatic rings. The highest BCUT2D eigenvalue weighted by atomic mass is 32.2. The minimum absolute atomic E-state index is 0.128. The minimum Gasteiger partial charge on any atom is -0.507 e. The Balaban J connectivity index is 2.13. The van der Waals surface area contributed by atoms with E-state index in [0.717, 1.165) is 32.8 Å². The third kappa shape index (κ3) is 4.42. The quantitative estimate of drug-likeness (QED) is 0.412. The van der Waals surface area contributed by atoms with Crippen LogP contribution in [0.15, 0.2) is 77.7 Å². The number of nitrogens with zero attached hydrogens (tertiary/aromatic N) is 2. The summed E-state index contributed by atoms with van der Waals surface area (Å²) in [5, 5.41) is 11.6. The van der Waals surface area contributed by atoms with Gasteiger partial charge >= 0.3 is 6.85 Å². The van der Waals surface area contributed by atoms with Crippen LogP contribution in [0.4, 0.5) is 5.69 Å². The molecule has 0 unspecified atom stereocenters. The van der Waals surface area contributed by atoms with Crippen LogP contribution in [0.2, 0.25) is 0 Å². The molecule has 0 aliphatic heterocycles. The molecule has 5 heteroatoms. The van der Waals surface area contributed by atoms with Crippen LogP contribution in [-0.2, 0) is 0 Å². The second-order valence-corrected chi connectivity index (χ2v) is 7.71. The van der Waals surface area contributed by atoms with Crippen molar-refractivity contribution >= 4 is 40.3 Å². The molecule has 3 aromatic carbocycles. The third-order valence-electron chi connectivity index (χ3n) is 4.70. The number of anilines is 1. The Kier molecular flexibility index (Phi) is 6.47. The highest BCUT2D eigenvalue weighted by molar-refractivity contribution is 8.13. The summed E-state index contributed by atoms with van der Waals surface area (Å²) in [7, 11) is 3.94. The van der Waals surface area contributed by atoms with Crippen molar-refractivity contribution < 1.29 is 5.11 Å². The van der Waals surface area contributed by atoms with Gasteiger partial charge in [-0.2, -0.15) is 0 Å². The zero-order valence-electron chi connectivity index (χ0n) is 16.8. The second kappa shape index (κ2) is 9.02. The Morgan fingerprint density at radius 3 is 1.89 bits per heavy atom. The van der Waals surface area contributed by atoms with Crippen molar-refractivity contribution in [3.8, 4) is 5.75 Å². The maximum atomic E-state index is 10.8. The normalized spacial score (nSPS) is 11.4. The zero-order valence-corrected chi connectivity index (χ0v) is 17.6. The van der Waals surface area contributed by atoms with Gasteiger partial charge in [0, 0.05) is 31.4 Å². The molecule has 3 rings (SSSR count). The lowest BCUT2D eigenvalue weighted by atomic mass is 9.51. The van der Waals surface area contributed by atoms with Gasteiger partial charge in [0.15, 0.2) is 0 Å². The summed E-state index contributed by atoms with van der Waals surface area (Å²) in [6.45, 7) is 1.89. The van der Waals surface area contributed by atoms with Gasteiger partial charge in [0.05, 0.1) is 5.04 Å². The molecular formula is C23H25BN2OS. The molecular weight excluding hydrogens is 363 g/mol. The fourth-order valence-electron chi connectivity index (χ4n) is 3.24. The molecule has 0 spiro atoms. The van der Waals surface area contributed by atoms with Crippen molar-refractivity contribution in [1.82, 2.24) is 0 Å². The fraction of sp³-hybridized carbons (Fsp3) is 0.174. The monoisotopic (exact) mass is 388 g/mol. The summed E-state index contributed by atoms with van der Waals surface area (Å²) in [6, 6.07) is 24.4. The molecule has 0 bridgehead atoms. The van der Waals surface area contributed by atoms with Crippen molar-refractivity contribution in [1.29, 1.82) is 0 Å². The first-order valence-corrected chi connectivity index (χ1v) is 10.5. The van der Waals surface area contributed by atoms with Crippen LogP contribution >= 0.6 is 11.8 Å². The average molecular weight is 388 g/mol. The maximum Gasteiger partial charge on any atom is 0.345 e. The maximum absolute atomic E-state index is 10.8. The Morgan fingerprint density at radius 1 is 0.929 bits per heavy atom. The van der Waals surface area contributed by atoms with E-state index in [1.54, 1.807) is 17.8 Å². The van der Waals surface area contributed by atoms with Gasteiger partial charge < -0.3 is 14.9 Å². The van der Waals surface area contributed by atoms with Crippen molar-refractivity contribution in [2.75, 3.05) is 25.3 Å². The first-order valence-electron chi connectivity index (χ1n) is 9.24. The van der Waals surface area contributed by atoms with E-state index in [2.05, 4.69) is 30.3 Å². The first kappa shape index (κ1) is 20.1. The van der Waals surface area contributed by atoms with Gasteiger partial charge in [-0.25, -0.2) is 0 Å². The summed E-state index contributed by atoms with van der Waals surface area (Å²) >= 11 is 1.56. The molecule has 1 N–H and O–H groups in total. The number of rotatable bonds is 5. The number of hydrogen-bond acceptors (Lipinski definition) is 4. The molecule has 0 aliphatic carbocycles. The van der Waals surface area contributed by atoms with E-state index >= 15 is 0 Å². The highest BCUT2D eigenvalue weighted by Crippen LogP contribution is 2.30. The topological polar surface area (TPSA) is 35.8 Å². The lowest BCUT2D eigenvalue weighted by Gasteiger charge is -2.18. The van der Waals surface area contributed by atoms with Gasteiger partial charge in [0.25, 0.3) is 0 Å². The van der Waals surface area contributed by atoms with Crippen LogP contribution in [0.25, 0.3) is 0 Å². The zero-order chi connectivity index (χ0) is 20.1. The Hall–Kier alpha value is -2.66. The number of phenols is 1. The van der Waals surface area contributed by atoms with Crippen molar-refractivity contribution in [2.45, 2.75) is 6.92 Å². The predicted molar refractivity (Wildman–Crippen MR) is 125 cm³/mol.